The van der Waals surface area contributed by atoms with Gasteiger partial charge in [0, 0.05) is 11.1 Å². The molecule has 0 amide bonds. The van der Waals surface area contributed by atoms with E-state index >= 15 is 0 Å². The Balaban J connectivity index is 3.40. The second-order valence-corrected chi connectivity index (χ2v) is 4.08. The van der Waals surface area contributed by atoms with Crippen molar-refractivity contribution in [2.45, 2.75) is 19.4 Å². The van der Waals surface area contributed by atoms with E-state index in [0.29, 0.717) is 16.3 Å². The summed E-state index contributed by atoms with van der Waals surface area (Å²) in [5, 5.41) is 9.99. The molecule has 0 aliphatic rings. The van der Waals surface area contributed by atoms with Crippen molar-refractivity contribution in [1.29, 1.82) is 0 Å². The average molecular weight is 216 g/mol. The molecule has 1 aromatic rings. The molecule has 1 rings (SSSR count). The fraction of sp³-hybridized carbons (Fsp3) is 0.400. The fourth-order valence-electron chi connectivity index (χ4n) is 1.32. The van der Waals surface area contributed by atoms with E-state index in [1.165, 1.54) is 13.2 Å². The molecule has 0 fully saturated rings. The number of rotatable bonds is 2. The fourth-order valence-corrected chi connectivity index (χ4v) is 1.80. The highest BCUT2D eigenvalue weighted by atomic mass is 35.5. The topological polar surface area (TPSA) is 55.5 Å². The number of benzene rings is 1. The van der Waals surface area contributed by atoms with Gasteiger partial charge in [-0.25, -0.2) is 0 Å². The highest BCUT2D eigenvalue weighted by Gasteiger charge is 2.24. The van der Waals surface area contributed by atoms with Crippen molar-refractivity contribution in [3.05, 3.63) is 22.7 Å². The molecule has 1 aromatic carbocycles. The van der Waals surface area contributed by atoms with Crippen molar-refractivity contribution in [2.75, 3.05) is 7.11 Å². The van der Waals surface area contributed by atoms with Gasteiger partial charge in [-0.05, 0) is 26.0 Å². The number of methoxy groups -OCH3 is 1. The zero-order chi connectivity index (χ0) is 10.9. The SMILES string of the molecule is COc1ccc(O)c(C(C)(C)N)c1Cl. The first kappa shape index (κ1) is 11.1. The van der Waals surface area contributed by atoms with Gasteiger partial charge in [-0.15, -0.1) is 0 Å². The smallest absolute Gasteiger partial charge is 0.138 e. The highest BCUT2D eigenvalue weighted by molar-refractivity contribution is 6.33. The van der Waals surface area contributed by atoms with Crippen molar-refractivity contribution in [3.8, 4) is 11.5 Å². The number of phenols is 1. The van der Waals surface area contributed by atoms with Gasteiger partial charge in [0.05, 0.1) is 12.1 Å². The molecule has 3 nitrogen and oxygen atoms in total. The predicted octanol–water partition coefficient (Wildman–Crippen LogP) is 2.25. The second kappa shape index (κ2) is 3.67. The van der Waals surface area contributed by atoms with Crippen LogP contribution in [0.25, 0.3) is 0 Å². The van der Waals surface area contributed by atoms with E-state index in [0.717, 1.165) is 0 Å². The van der Waals surface area contributed by atoms with Crippen LogP contribution in [0.15, 0.2) is 12.1 Å². The van der Waals surface area contributed by atoms with Gasteiger partial charge < -0.3 is 15.6 Å². The maximum absolute atomic E-state index is 9.63. The lowest BCUT2D eigenvalue weighted by Gasteiger charge is -2.22. The van der Waals surface area contributed by atoms with Crippen LogP contribution in [0.2, 0.25) is 5.02 Å². The van der Waals surface area contributed by atoms with Crippen LogP contribution in [-0.4, -0.2) is 12.2 Å². The van der Waals surface area contributed by atoms with Crippen LogP contribution in [0.5, 0.6) is 11.5 Å². The van der Waals surface area contributed by atoms with Crippen LogP contribution >= 0.6 is 11.6 Å². The summed E-state index contributed by atoms with van der Waals surface area (Å²) in [6.07, 6.45) is 0. The minimum atomic E-state index is -0.699. The molecule has 3 N–H and O–H groups in total. The zero-order valence-electron chi connectivity index (χ0n) is 8.47. The average Bonchev–Trinajstić information content (AvgIpc) is 2.02. The van der Waals surface area contributed by atoms with Gasteiger partial charge in [-0.2, -0.15) is 0 Å². The molecule has 0 aromatic heterocycles. The maximum Gasteiger partial charge on any atom is 0.138 e. The van der Waals surface area contributed by atoms with Crippen molar-refractivity contribution < 1.29 is 9.84 Å². The molecule has 0 spiro atoms. The molecule has 0 saturated carbocycles. The van der Waals surface area contributed by atoms with E-state index in [4.69, 9.17) is 22.1 Å². The third-order valence-electron chi connectivity index (χ3n) is 1.95. The number of ether oxygens (including phenoxy) is 1. The molecule has 0 atom stereocenters. The summed E-state index contributed by atoms with van der Waals surface area (Å²) >= 11 is 6.03. The van der Waals surface area contributed by atoms with Gasteiger partial charge in [-0.3, -0.25) is 0 Å². The Hall–Kier alpha value is -0.930. The summed E-state index contributed by atoms with van der Waals surface area (Å²) < 4.78 is 5.04. The van der Waals surface area contributed by atoms with Crippen molar-refractivity contribution >= 4 is 11.6 Å². The molecule has 0 bridgehead atoms. The summed E-state index contributed by atoms with van der Waals surface area (Å²) in [5.41, 5.74) is 5.68. The van der Waals surface area contributed by atoms with Gasteiger partial charge in [-0.1, -0.05) is 11.6 Å². The first-order valence-electron chi connectivity index (χ1n) is 4.22. The van der Waals surface area contributed by atoms with Crippen LogP contribution < -0.4 is 10.5 Å². The number of hydrogen-bond donors (Lipinski definition) is 2. The van der Waals surface area contributed by atoms with E-state index < -0.39 is 5.54 Å². The van der Waals surface area contributed by atoms with Crippen molar-refractivity contribution in [3.63, 3.8) is 0 Å². The first-order chi connectivity index (χ1) is 6.38. The number of aromatic hydroxyl groups is 1. The minimum absolute atomic E-state index is 0.0864. The first-order valence-corrected chi connectivity index (χ1v) is 4.60. The summed E-state index contributed by atoms with van der Waals surface area (Å²) in [7, 11) is 1.52. The summed E-state index contributed by atoms with van der Waals surface area (Å²) in [6, 6.07) is 3.13. The number of nitrogens with two attached hydrogens (primary N) is 1. The standard InChI is InChI=1S/C10H14ClNO2/c1-10(2,12)8-6(13)4-5-7(14-3)9(8)11/h4-5,13H,12H2,1-3H3. The summed E-state index contributed by atoms with van der Waals surface area (Å²) in [4.78, 5) is 0. The van der Waals surface area contributed by atoms with E-state index in [9.17, 15) is 5.11 Å². The monoisotopic (exact) mass is 215 g/mol. The molecule has 0 aliphatic heterocycles. The van der Waals surface area contributed by atoms with Gasteiger partial charge in [0.15, 0.2) is 0 Å². The molecule has 0 unspecified atom stereocenters. The van der Waals surface area contributed by atoms with Crippen LogP contribution in [0.1, 0.15) is 19.4 Å². The quantitative estimate of drug-likeness (QED) is 0.796. The molecule has 0 aliphatic carbocycles. The minimum Gasteiger partial charge on any atom is -0.508 e. The normalized spacial score (nSPS) is 11.5. The Kier molecular flexibility index (Phi) is 2.92. The number of halogens is 1. The Bertz CT molecular complexity index is 345. The number of phenolic OH excluding ortho intramolecular Hbond substituents is 1. The molecular formula is C10H14ClNO2. The Morgan fingerprint density at radius 1 is 1.43 bits per heavy atom. The lowest BCUT2D eigenvalue weighted by molar-refractivity contribution is 0.404. The van der Waals surface area contributed by atoms with Crippen LogP contribution in [-0.2, 0) is 5.54 Å². The summed E-state index contributed by atoms with van der Waals surface area (Å²) in [5.74, 6) is 0.598. The lowest BCUT2D eigenvalue weighted by Crippen LogP contribution is -2.29. The maximum atomic E-state index is 9.63. The molecule has 4 heteroatoms. The third-order valence-corrected chi connectivity index (χ3v) is 2.32. The molecule has 0 heterocycles. The Labute approximate surface area is 88.4 Å². The van der Waals surface area contributed by atoms with Crippen LogP contribution in [0.3, 0.4) is 0 Å². The number of hydrogen-bond acceptors (Lipinski definition) is 3. The Morgan fingerprint density at radius 3 is 2.43 bits per heavy atom. The van der Waals surface area contributed by atoms with Gasteiger partial charge in [0.25, 0.3) is 0 Å². The van der Waals surface area contributed by atoms with E-state index in [1.807, 2.05) is 0 Å². The largest absolute Gasteiger partial charge is 0.508 e. The zero-order valence-corrected chi connectivity index (χ0v) is 9.22. The van der Waals surface area contributed by atoms with Gasteiger partial charge in [0.1, 0.15) is 11.5 Å². The van der Waals surface area contributed by atoms with Crippen molar-refractivity contribution in [2.24, 2.45) is 5.73 Å². The van der Waals surface area contributed by atoms with Gasteiger partial charge >= 0.3 is 0 Å². The molecule has 78 valence electrons. The highest BCUT2D eigenvalue weighted by Crippen LogP contribution is 2.39. The van der Waals surface area contributed by atoms with Crippen molar-refractivity contribution in [1.82, 2.24) is 0 Å². The molecular weight excluding hydrogens is 202 g/mol. The third kappa shape index (κ3) is 1.94. The lowest BCUT2D eigenvalue weighted by atomic mass is 9.94. The van der Waals surface area contributed by atoms with E-state index in [2.05, 4.69) is 0 Å². The summed E-state index contributed by atoms with van der Waals surface area (Å²) in [6.45, 7) is 3.54. The Morgan fingerprint density at radius 2 is 2.00 bits per heavy atom. The van der Waals surface area contributed by atoms with Crippen LogP contribution in [0.4, 0.5) is 0 Å². The van der Waals surface area contributed by atoms with Gasteiger partial charge in [0.2, 0.25) is 0 Å². The van der Waals surface area contributed by atoms with Crippen LogP contribution in [0, 0.1) is 0 Å². The molecule has 0 saturated heterocycles. The molecule has 14 heavy (non-hydrogen) atoms. The van der Waals surface area contributed by atoms with E-state index in [-0.39, 0.29) is 5.75 Å². The molecule has 0 radical (unpaired) electrons. The predicted molar refractivity (Wildman–Crippen MR) is 56.9 cm³/mol. The second-order valence-electron chi connectivity index (χ2n) is 3.70. The van der Waals surface area contributed by atoms with E-state index in [1.54, 1.807) is 19.9 Å².